The van der Waals surface area contributed by atoms with Gasteiger partial charge in [-0.25, -0.2) is 0 Å². The second-order valence-corrected chi connectivity index (χ2v) is 6.34. The van der Waals surface area contributed by atoms with E-state index in [0.29, 0.717) is 0 Å². The fraction of sp³-hybridized carbons (Fsp3) is 0.611. The van der Waals surface area contributed by atoms with E-state index in [1.165, 1.54) is 38.0 Å². The Bertz CT molecular complexity index is 484. The second-order valence-electron chi connectivity index (χ2n) is 5.93. The van der Waals surface area contributed by atoms with Crippen LogP contribution in [0.2, 0.25) is 5.02 Å². The summed E-state index contributed by atoms with van der Waals surface area (Å²) < 4.78 is 0. The highest BCUT2D eigenvalue weighted by Crippen LogP contribution is 2.14. The summed E-state index contributed by atoms with van der Waals surface area (Å²) in [5.74, 6) is 0.904. The van der Waals surface area contributed by atoms with E-state index in [1.807, 2.05) is 18.2 Å². The Morgan fingerprint density at radius 1 is 1.22 bits per heavy atom. The molecule has 1 heterocycles. The molecule has 1 fully saturated rings. The van der Waals surface area contributed by atoms with Crippen LogP contribution in [0.25, 0.3) is 0 Å². The van der Waals surface area contributed by atoms with E-state index in [2.05, 4.69) is 33.5 Å². The van der Waals surface area contributed by atoms with Gasteiger partial charge in [-0.1, -0.05) is 29.8 Å². The van der Waals surface area contributed by atoms with Crippen LogP contribution in [0, 0.1) is 0 Å². The van der Waals surface area contributed by atoms with Gasteiger partial charge in [0.2, 0.25) is 0 Å². The number of guanidine groups is 1. The Balaban J connectivity index is 1.69. The first-order valence-electron chi connectivity index (χ1n) is 8.77. The number of rotatable bonds is 8. The fourth-order valence-electron chi connectivity index (χ4n) is 2.85. The second kappa shape index (κ2) is 10.5. The van der Waals surface area contributed by atoms with Gasteiger partial charge in [0.25, 0.3) is 0 Å². The Morgan fingerprint density at radius 2 is 2.00 bits per heavy atom. The zero-order valence-corrected chi connectivity index (χ0v) is 14.9. The van der Waals surface area contributed by atoms with Gasteiger partial charge in [0.1, 0.15) is 0 Å². The molecule has 0 aliphatic carbocycles. The normalized spacial score (nSPS) is 15.8. The van der Waals surface area contributed by atoms with Gasteiger partial charge in [0, 0.05) is 24.7 Å². The maximum atomic E-state index is 6.19. The molecule has 128 valence electrons. The third kappa shape index (κ3) is 6.80. The lowest BCUT2D eigenvalue weighted by atomic mass is 10.1. The molecule has 4 nitrogen and oxygen atoms in total. The minimum Gasteiger partial charge on any atom is -0.357 e. The van der Waals surface area contributed by atoms with Crippen molar-refractivity contribution in [1.29, 1.82) is 0 Å². The summed E-state index contributed by atoms with van der Waals surface area (Å²) in [6.07, 6.45) is 4.74. The maximum Gasteiger partial charge on any atom is 0.191 e. The molecule has 2 N–H and O–H groups in total. The van der Waals surface area contributed by atoms with Crippen LogP contribution < -0.4 is 10.6 Å². The largest absolute Gasteiger partial charge is 0.357 e. The molecule has 0 amide bonds. The van der Waals surface area contributed by atoms with Gasteiger partial charge in [-0.2, -0.15) is 0 Å². The lowest BCUT2D eigenvalue weighted by Crippen LogP contribution is -2.38. The van der Waals surface area contributed by atoms with Crippen LogP contribution in [0.1, 0.15) is 31.7 Å². The fourth-order valence-corrected chi connectivity index (χ4v) is 3.08. The summed E-state index contributed by atoms with van der Waals surface area (Å²) in [5.41, 5.74) is 1.17. The lowest BCUT2D eigenvalue weighted by molar-refractivity contribution is 0.336. The maximum absolute atomic E-state index is 6.19. The molecule has 1 saturated heterocycles. The molecule has 1 aliphatic rings. The SMILES string of the molecule is CCNC(=NCCCN1CCCC1)NCCc1ccccc1Cl. The number of benzene rings is 1. The van der Waals surface area contributed by atoms with Crippen molar-refractivity contribution in [3.05, 3.63) is 34.9 Å². The summed E-state index contributed by atoms with van der Waals surface area (Å²) in [5, 5.41) is 7.53. The van der Waals surface area contributed by atoms with Crippen LogP contribution >= 0.6 is 11.6 Å². The van der Waals surface area contributed by atoms with E-state index in [1.54, 1.807) is 0 Å². The molecule has 0 unspecified atom stereocenters. The number of hydrogen-bond acceptors (Lipinski definition) is 2. The standard InChI is InChI=1S/C18H29ClN4/c1-2-20-18(21-11-7-15-23-13-5-6-14-23)22-12-10-16-8-3-4-9-17(16)19/h3-4,8-9H,2,5-7,10-15H2,1H3,(H2,20,21,22). The van der Waals surface area contributed by atoms with Gasteiger partial charge in [-0.05, 0) is 63.9 Å². The lowest BCUT2D eigenvalue weighted by Gasteiger charge is -2.14. The minimum atomic E-state index is 0.835. The highest BCUT2D eigenvalue weighted by molar-refractivity contribution is 6.31. The number of hydrogen-bond donors (Lipinski definition) is 2. The highest BCUT2D eigenvalue weighted by atomic mass is 35.5. The summed E-state index contributed by atoms with van der Waals surface area (Å²) in [4.78, 5) is 7.20. The van der Waals surface area contributed by atoms with Gasteiger partial charge in [-0.3, -0.25) is 4.99 Å². The van der Waals surface area contributed by atoms with Crippen LogP contribution in [-0.4, -0.2) is 50.1 Å². The molecular weight excluding hydrogens is 308 g/mol. The van der Waals surface area contributed by atoms with Crippen molar-refractivity contribution in [2.24, 2.45) is 4.99 Å². The average Bonchev–Trinajstić information content (AvgIpc) is 3.06. The first-order valence-corrected chi connectivity index (χ1v) is 9.15. The molecule has 1 aliphatic heterocycles. The smallest absolute Gasteiger partial charge is 0.191 e. The first-order chi connectivity index (χ1) is 11.3. The van der Waals surface area contributed by atoms with Crippen LogP contribution in [0.5, 0.6) is 0 Å². The van der Waals surface area contributed by atoms with Crippen molar-refractivity contribution in [2.45, 2.75) is 32.6 Å². The van der Waals surface area contributed by atoms with E-state index >= 15 is 0 Å². The Morgan fingerprint density at radius 3 is 2.74 bits per heavy atom. The summed E-state index contributed by atoms with van der Waals surface area (Å²) in [7, 11) is 0. The highest BCUT2D eigenvalue weighted by Gasteiger charge is 2.10. The number of nitrogens with one attached hydrogen (secondary N) is 2. The molecule has 0 spiro atoms. The van der Waals surface area contributed by atoms with E-state index in [9.17, 15) is 0 Å². The molecular formula is C18H29ClN4. The average molecular weight is 337 g/mol. The molecule has 1 aromatic carbocycles. The first kappa shape index (κ1) is 18.1. The number of likely N-dealkylation sites (tertiary alicyclic amines) is 1. The Hall–Kier alpha value is -1.26. The van der Waals surface area contributed by atoms with Crippen LogP contribution in [0.15, 0.2) is 29.3 Å². The van der Waals surface area contributed by atoms with Crippen LogP contribution in [0.4, 0.5) is 0 Å². The van der Waals surface area contributed by atoms with Crippen molar-refractivity contribution in [1.82, 2.24) is 15.5 Å². The monoisotopic (exact) mass is 336 g/mol. The summed E-state index contributed by atoms with van der Waals surface area (Å²) in [6, 6.07) is 8.00. The van der Waals surface area contributed by atoms with Crippen LogP contribution in [0.3, 0.4) is 0 Å². The zero-order valence-electron chi connectivity index (χ0n) is 14.2. The van der Waals surface area contributed by atoms with Crippen molar-refractivity contribution >= 4 is 17.6 Å². The van der Waals surface area contributed by atoms with E-state index in [-0.39, 0.29) is 0 Å². The quantitative estimate of drug-likeness (QED) is 0.435. The van der Waals surface area contributed by atoms with Crippen molar-refractivity contribution < 1.29 is 0 Å². The molecule has 23 heavy (non-hydrogen) atoms. The number of aliphatic imine (C=N–C) groups is 1. The zero-order chi connectivity index (χ0) is 16.3. The van der Waals surface area contributed by atoms with Crippen molar-refractivity contribution in [3.63, 3.8) is 0 Å². The van der Waals surface area contributed by atoms with Gasteiger partial charge in [-0.15, -0.1) is 0 Å². The molecule has 0 aromatic heterocycles. The molecule has 0 saturated carbocycles. The van der Waals surface area contributed by atoms with Gasteiger partial charge in [0.05, 0.1) is 0 Å². The van der Waals surface area contributed by atoms with E-state index < -0.39 is 0 Å². The van der Waals surface area contributed by atoms with Gasteiger partial charge >= 0.3 is 0 Å². The van der Waals surface area contributed by atoms with E-state index in [4.69, 9.17) is 11.6 Å². The Labute approximate surface area is 145 Å². The molecule has 0 bridgehead atoms. The Kier molecular flexibility index (Phi) is 8.26. The third-order valence-corrected chi connectivity index (χ3v) is 4.46. The number of nitrogens with zero attached hydrogens (tertiary/aromatic N) is 2. The third-order valence-electron chi connectivity index (χ3n) is 4.09. The molecule has 0 atom stereocenters. The summed E-state index contributed by atoms with van der Waals surface area (Å²) >= 11 is 6.19. The van der Waals surface area contributed by atoms with Crippen LogP contribution in [-0.2, 0) is 6.42 Å². The number of halogens is 1. The van der Waals surface area contributed by atoms with Gasteiger partial charge < -0.3 is 15.5 Å². The predicted molar refractivity (Wildman–Crippen MR) is 99.4 cm³/mol. The van der Waals surface area contributed by atoms with Crippen molar-refractivity contribution in [2.75, 3.05) is 39.3 Å². The predicted octanol–water partition coefficient (Wildman–Crippen LogP) is 2.92. The molecule has 5 heteroatoms. The molecule has 0 radical (unpaired) electrons. The van der Waals surface area contributed by atoms with E-state index in [0.717, 1.165) is 43.5 Å². The molecule has 2 rings (SSSR count). The summed E-state index contributed by atoms with van der Waals surface area (Å²) in [6.45, 7) is 8.38. The van der Waals surface area contributed by atoms with Gasteiger partial charge in [0.15, 0.2) is 5.96 Å². The van der Waals surface area contributed by atoms with Crippen molar-refractivity contribution in [3.8, 4) is 0 Å². The minimum absolute atomic E-state index is 0.835. The topological polar surface area (TPSA) is 39.7 Å². The molecule has 1 aromatic rings.